The number of alkyl halides is 3. The number of halogens is 3. The maximum atomic E-state index is 12.5. The van der Waals surface area contributed by atoms with Crippen molar-refractivity contribution in [1.82, 2.24) is 0 Å². The molecule has 2 aromatic rings. The number of hydrogen-bond donors (Lipinski definition) is 1. The van der Waals surface area contributed by atoms with Crippen LogP contribution in [0.4, 0.5) is 18.9 Å². The normalized spacial score (nSPS) is 12.0. The molecule has 25 heavy (non-hydrogen) atoms. The van der Waals surface area contributed by atoms with E-state index in [2.05, 4.69) is 5.32 Å². The zero-order chi connectivity index (χ0) is 18.7. The van der Waals surface area contributed by atoms with E-state index in [4.69, 9.17) is 0 Å². The second-order valence-electron chi connectivity index (χ2n) is 5.54. The molecular weight excluding hydrogens is 355 g/mol. The zero-order valence-corrected chi connectivity index (χ0v) is 14.1. The van der Waals surface area contributed by atoms with Gasteiger partial charge in [0.2, 0.25) is 5.91 Å². The summed E-state index contributed by atoms with van der Waals surface area (Å²) in [5, 5.41) is 2.52. The molecule has 0 aliphatic heterocycles. The number of aryl methyl sites for hydroxylation is 1. The third-order valence-corrected chi connectivity index (χ3v) is 4.62. The Hall–Kier alpha value is -2.35. The summed E-state index contributed by atoms with van der Waals surface area (Å²) in [6.45, 7) is 0. The predicted molar refractivity (Wildman–Crippen MR) is 87.9 cm³/mol. The SMILES string of the molecule is CS(=O)(=O)c1ccc(CCC(=O)Nc2ccc(C(F)(F)F)cc2)cc1. The molecule has 0 heterocycles. The summed E-state index contributed by atoms with van der Waals surface area (Å²) in [5.74, 6) is -0.341. The lowest BCUT2D eigenvalue weighted by atomic mass is 10.1. The van der Waals surface area contributed by atoms with Gasteiger partial charge in [-0.2, -0.15) is 13.2 Å². The van der Waals surface area contributed by atoms with Crippen molar-refractivity contribution in [2.75, 3.05) is 11.6 Å². The van der Waals surface area contributed by atoms with E-state index in [0.29, 0.717) is 6.42 Å². The molecule has 2 rings (SSSR count). The Kier molecular flexibility index (Phi) is 5.52. The van der Waals surface area contributed by atoms with Crippen molar-refractivity contribution in [1.29, 1.82) is 0 Å². The third-order valence-electron chi connectivity index (χ3n) is 3.49. The van der Waals surface area contributed by atoms with Crippen LogP contribution in [0.3, 0.4) is 0 Å². The monoisotopic (exact) mass is 371 g/mol. The molecule has 0 atom stereocenters. The standard InChI is InChI=1S/C17H16F3NO3S/c1-25(23,24)15-9-2-12(3-10-15)4-11-16(22)21-14-7-5-13(6-8-14)17(18,19)20/h2-3,5-10H,4,11H2,1H3,(H,21,22). The highest BCUT2D eigenvalue weighted by Gasteiger charge is 2.29. The first-order valence-corrected chi connectivity index (χ1v) is 9.21. The molecule has 2 aromatic carbocycles. The van der Waals surface area contributed by atoms with E-state index in [1.54, 1.807) is 12.1 Å². The molecule has 0 unspecified atom stereocenters. The molecule has 0 saturated carbocycles. The summed E-state index contributed by atoms with van der Waals surface area (Å²) in [6, 6.07) is 10.4. The van der Waals surface area contributed by atoms with Crippen LogP contribution < -0.4 is 5.32 Å². The van der Waals surface area contributed by atoms with Crippen molar-refractivity contribution in [3.63, 3.8) is 0 Å². The molecule has 0 radical (unpaired) electrons. The maximum Gasteiger partial charge on any atom is 0.416 e. The largest absolute Gasteiger partial charge is 0.416 e. The molecule has 0 aromatic heterocycles. The van der Waals surface area contributed by atoms with Gasteiger partial charge in [-0.3, -0.25) is 4.79 Å². The summed E-state index contributed by atoms with van der Waals surface area (Å²) in [6.07, 6.45) is -2.80. The fourth-order valence-electron chi connectivity index (χ4n) is 2.13. The van der Waals surface area contributed by atoms with Crippen molar-refractivity contribution < 1.29 is 26.4 Å². The van der Waals surface area contributed by atoms with Crippen LogP contribution in [-0.2, 0) is 27.2 Å². The summed E-state index contributed by atoms with van der Waals surface area (Å²) in [7, 11) is -3.27. The van der Waals surface area contributed by atoms with E-state index in [1.165, 1.54) is 24.3 Å². The van der Waals surface area contributed by atoms with E-state index < -0.39 is 21.6 Å². The minimum Gasteiger partial charge on any atom is -0.326 e. The Morgan fingerprint density at radius 2 is 1.56 bits per heavy atom. The van der Waals surface area contributed by atoms with Gasteiger partial charge in [0, 0.05) is 18.4 Å². The van der Waals surface area contributed by atoms with Gasteiger partial charge in [-0.25, -0.2) is 8.42 Å². The number of amides is 1. The van der Waals surface area contributed by atoms with Crippen molar-refractivity contribution in [2.45, 2.75) is 23.9 Å². The van der Waals surface area contributed by atoms with Gasteiger partial charge in [-0.1, -0.05) is 12.1 Å². The lowest BCUT2D eigenvalue weighted by Gasteiger charge is -2.09. The van der Waals surface area contributed by atoms with Crippen molar-refractivity contribution in [2.24, 2.45) is 0 Å². The molecule has 0 saturated heterocycles. The van der Waals surface area contributed by atoms with Crippen LogP contribution in [0.1, 0.15) is 17.5 Å². The summed E-state index contributed by atoms with van der Waals surface area (Å²) < 4.78 is 60.1. The van der Waals surface area contributed by atoms with Crippen molar-refractivity contribution in [3.8, 4) is 0 Å². The van der Waals surface area contributed by atoms with E-state index >= 15 is 0 Å². The number of rotatable bonds is 5. The van der Waals surface area contributed by atoms with Gasteiger partial charge in [-0.05, 0) is 48.4 Å². The van der Waals surface area contributed by atoms with Crippen LogP contribution in [-0.4, -0.2) is 20.6 Å². The van der Waals surface area contributed by atoms with E-state index in [0.717, 1.165) is 24.0 Å². The smallest absolute Gasteiger partial charge is 0.326 e. The van der Waals surface area contributed by atoms with Crippen LogP contribution >= 0.6 is 0 Å². The average Bonchev–Trinajstić information content (AvgIpc) is 2.52. The van der Waals surface area contributed by atoms with E-state index in [9.17, 15) is 26.4 Å². The number of hydrogen-bond acceptors (Lipinski definition) is 3. The van der Waals surface area contributed by atoms with Gasteiger partial charge < -0.3 is 5.32 Å². The highest BCUT2D eigenvalue weighted by Crippen LogP contribution is 2.29. The lowest BCUT2D eigenvalue weighted by Crippen LogP contribution is -2.13. The molecule has 4 nitrogen and oxygen atoms in total. The summed E-state index contributed by atoms with van der Waals surface area (Å²) in [5.41, 5.74) is 0.289. The quantitative estimate of drug-likeness (QED) is 0.872. The molecule has 1 N–H and O–H groups in total. The lowest BCUT2D eigenvalue weighted by molar-refractivity contribution is -0.137. The average molecular weight is 371 g/mol. The maximum absolute atomic E-state index is 12.5. The van der Waals surface area contributed by atoms with Gasteiger partial charge in [0.1, 0.15) is 0 Å². The molecule has 0 fully saturated rings. The van der Waals surface area contributed by atoms with E-state index in [1.807, 2.05) is 0 Å². The fourth-order valence-corrected chi connectivity index (χ4v) is 2.76. The fraction of sp³-hybridized carbons (Fsp3) is 0.235. The van der Waals surface area contributed by atoms with Crippen LogP contribution in [0.15, 0.2) is 53.4 Å². The number of sulfone groups is 1. The minimum absolute atomic E-state index is 0.124. The number of benzene rings is 2. The third kappa shape index (κ3) is 5.60. The van der Waals surface area contributed by atoms with Crippen LogP contribution in [0, 0.1) is 0 Å². The highest BCUT2D eigenvalue weighted by molar-refractivity contribution is 7.90. The molecule has 1 amide bonds. The topological polar surface area (TPSA) is 63.2 Å². The number of carbonyl (C=O) groups is 1. The van der Waals surface area contributed by atoms with Gasteiger partial charge in [0.15, 0.2) is 9.84 Å². The first-order chi connectivity index (χ1) is 11.6. The van der Waals surface area contributed by atoms with Crippen molar-refractivity contribution in [3.05, 3.63) is 59.7 Å². The van der Waals surface area contributed by atoms with Crippen LogP contribution in [0.2, 0.25) is 0 Å². The van der Waals surface area contributed by atoms with Gasteiger partial charge in [-0.15, -0.1) is 0 Å². The van der Waals surface area contributed by atoms with Crippen LogP contribution in [0.5, 0.6) is 0 Å². The second-order valence-corrected chi connectivity index (χ2v) is 7.56. The summed E-state index contributed by atoms with van der Waals surface area (Å²) in [4.78, 5) is 12.1. The Balaban J connectivity index is 1.90. The number of carbonyl (C=O) groups excluding carboxylic acids is 1. The highest BCUT2D eigenvalue weighted by atomic mass is 32.2. The van der Waals surface area contributed by atoms with E-state index in [-0.39, 0.29) is 22.9 Å². The Labute approximate surface area is 143 Å². The minimum atomic E-state index is -4.42. The second kappa shape index (κ2) is 7.26. The van der Waals surface area contributed by atoms with Gasteiger partial charge >= 0.3 is 6.18 Å². The van der Waals surface area contributed by atoms with Gasteiger partial charge in [0.25, 0.3) is 0 Å². The Morgan fingerprint density at radius 3 is 2.04 bits per heavy atom. The predicted octanol–water partition coefficient (Wildman–Crippen LogP) is 3.68. The molecule has 0 aliphatic rings. The summed E-state index contributed by atoms with van der Waals surface area (Å²) >= 11 is 0. The molecule has 8 heteroatoms. The van der Waals surface area contributed by atoms with Gasteiger partial charge in [0.05, 0.1) is 10.5 Å². The molecule has 0 bridgehead atoms. The zero-order valence-electron chi connectivity index (χ0n) is 13.3. The first-order valence-electron chi connectivity index (χ1n) is 7.32. The van der Waals surface area contributed by atoms with Crippen molar-refractivity contribution >= 4 is 21.4 Å². The number of anilines is 1. The first kappa shape index (κ1) is 19.0. The molecular formula is C17H16F3NO3S. The molecule has 0 spiro atoms. The molecule has 0 aliphatic carbocycles. The Bertz CT molecular complexity index is 842. The Morgan fingerprint density at radius 1 is 1.00 bits per heavy atom. The number of nitrogens with one attached hydrogen (secondary N) is 1. The van der Waals surface area contributed by atoms with Crippen LogP contribution in [0.25, 0.3) is 0 Å². The molecule has 134 valence electrons.